The summed E-state index contributed by atoms with van der Waals surface area (Å²) in [7, 11) is 0. The molecule has 8 aromatic rings. The van der Waals surface area contributed by atoms with Gasteiger partial charge in [0.2, 0.25) is 0 Å². The number of hydrogen-bond acceptors (Lipinski definition) is 4. The van der Waals surface area contributed by atoms with Crippen LogP contribution in [-0.4, -0.2) is 15.0 Å². The van der Waals surface area contributed by atoms with E-state index >= 15 is 0 Å². The Bertz CT molecular complexity index is 2960. The number of rotatable bonds is 4. The van der Waals surface area contributed by atoms with Gasteiger partial charge in [0.15, 0.2) is 11.6 Å². The van der Waals surface area contributed by atoms with E-state index < -0.39 is 5.41 Å². The second-order valence-corrected chi connectivity index (χ2v) is 17.9. The van der Waals surface area contributed by atoms with E-state index in [0.717, 1.165) is 93.3 Å². The molecule has 1 aliphatic heterocycles. The van der Waals surface area contributed by atoms with Crippen LogP contribution in [0.1, 0.15) is 60.7 Å². The maximum Gasteiger partial charge on any atom is 0.164 e. The van der Waals surface area contributed by atoms with Crippen molar-refractivity contribution in [3.05, 3.63) is 186 Å². The van der Waals surface area contributed by atoms with Crippen LogP contribution < -0.4 is 4.74 Å². The summed E-state index contributed by atoms with van der Waals surface area (Å²) in [6.07, 6.45) is 5.06. The zero-order valence-electron chi connectivity index (χ0n) is 32.4. The van der Waals surface area contributed by atoms with E-state index in [0.29, 0.717) is 0 Å². The highest BCUT2D eigenvalue weighted by Crippen LogP contribution is 2.67. The Labute approximate surface area is 338 Å². The highest BCUT2D eigenvalue weighted by molar-refractivity contribution is 5.91. The first-order valence-corrected chi connectivity index (χ1v) is 21.0. The zero-order chi connectivity index (χ0) is 38.2. The van der Waals surface area contributed by atoms with E-state index in [1.807, 2.05) is 0 Å². The number of benzene rings is 7. The molecule has 3 unspecified atom stereocenters. The standard InChI is InChI=1S/C54H41N3O/c1-53(30-37-27-36-28-38(31-53)49(36)37)52-56-50(35-23-22-32-12-2-3-13-33(32)26-35)55-51(57-52)42-17-5-4-14-39(42)34-24-25-48-46(29-34)54(45-20-10-11-21-47(45)58-48)43-18-8-6-15-40(43)41-16-7-9-19-44(41)54/h2-26,29,36-38,49H,27-28,30-31H2,1H3/t36-,37+,38?,49?,53?/m0/s1. The van der Waals surface area contributed by atoms with E-state index in [9.17, 15) is 0 Å². The normalized spacial score (nSPS) is 23.7. The van der Waals surface area contributed by atoms with E-state index in [2.05, 4.69) is 165 Å². The van der Waals surface area contributed by atoms with Crippen LogP contribution in [0.25, 0.3) is 55.8 Å². The summed E-state index contributed by atoms with van der Waals surface area (Å²) in [6, 6.07) is 57.0. The SMILES string of the molecule is CC1(c2nc(-c3ccc4ccccc4c3)nc(-c3ccccc3-c3ccc4c(c3)C3(c5ccccc5O4)c4ccccc4-c4ccccc43)n2)CC2C[C@@H]3C[C@H](C1)C23. The van der Waals surface area contributed by atoms with Crippen molar-refractivity contribution in [2.75, 3.05) is 0 Å². The van der Waals surface area contributed by atoms with Gasteiger partial charge in [-0.3, -0.25) is 0 Å². The summed E-state index contributed by atoms with van der Waals surface area (Å²) < 4.78 is 6.79. The van der Waals surface area contributed by atoms with E-state index in [4.69, 9.17) is 19.7 Å². The first-order chi connectivity index (χ1) is 28.5. The summed E-state index contributed by atoms with van der Waals surface area (Å²) in [6.45, 7) is 2.43. The average molecular weight is 748 g/mol. The molecule has 4 nitrogen and oxygen atoms in total. The molecule has 0 bridgehead atoms. The van der Waals surface area contributed by atoms with Crippen LogP contribution in [0.15, 0.2) is 158 Å². The van der Waals surface area contributed by atoms with Crippen molar-refractivity contribution in [1.29, 1.82) is 0 Å². The minimum absolute atomic E-state index is 0.0956. The maximum atomic E-state index is 6.79. The lowest BCUT2D eigenvalue weighted by Crippen LogP contribution is -2.58. The largest absolute Gasteiger partial charge is 0.457 e. The highest BCUT2D eigenvalue weighted by atomic mass is 16.5. The number of fused-ring (bicyclic) bond motifs is 10. The van der Waals surface area contributed by atoms with Crippen molar-refractivity contribution in [2.45, 2.75) is 43.4 Å². The lowest BCUT2D eigenvalue weighted by molar-refractivity contribution is -0.142. The van der Waals surface area contributed by atoms with Crippen LogP contribution in [0.5, 0.6) is 11.5 Å². The minimum Gasteiger partial charge on any atom is -0.457 e. The van der Waals surface area contributed by atoms with Gasteiger partial charge in [0, 0.05) is 27.7 Å². The van der Waals surface area contributed by atoms with Crippen LogP contribution in [0.3, 0.4) is 0 Å². The maximum absolute atomic E-state index is 6.79. The molecule has 58 heavy (non-hydrogen) atoms. The van der Waals surface area contributed by atoms with Crippen LogP contribution >= 0.6 is 0 Å². The number of hydrogen-bond donors (Lipinski definition) is 0. The molecule has 0 radical (unpaired) electrons. The van der Waals surface area contributed by atoms with E-state index in [1.165, 1.54) is 51.4 Å². The van der Waals surface area contributed by atoms with Gasteiger partial charge >= 0.3 is 0 Å². The third-order valence-corrected chi connectivity index (χ3v) is 14.8. The third kappa shape index (κ3) is 4.43. The van der Waals surface area contributed by atoms with E-state index in [-0.39, 0.29) is 5.41 Å². The molecule has 1 spiro atoms. The predicted octanol–water partition coefficient (Wildman–Crippen LogP) is 12.8. The van der Waals surface area contributed by atoms with Gasteiger partial charge < -0.3 is 4.74 Å². The van der Waals surface area contributed by atoms with Gasteiger partial charge in [0.05, 0.1) is 5.41 Å². The number of aromatic nitrogens is 3. The molecule has 13 rings (SSSR count). The van der Waals surface area contributed by atoms with Gasteiger partial charge in [-0.15, -0.1) is 0 Å². The molecule has 0 saturated heterocycles. The predicted molar refractivity (Wildman–Crippen MR) is 231 cm³/mol. The van der Waals surface area contributed by atoms with Gasteiger partial charge in [-0.25, -0.2) is 15.0 Å². The van der Waals surface area contributed by atoms with Gasteiger partial charge in [-0.05, 0) is 118 Å². The summed E-state index contributed by atoms with van der Waals surface area (Å²) in [5, 5.41) is 2.40. The first kappa shape index (κ1) is 32.7. The van der Waals surface area contributed by atoms with Gasteiger partial charge in [0.25, 0.3) is 0 Å². The quantitative estimate of drug-likeness (QED) is 0.180. The molecule has 5 atom stereocenters. The average Bonchev–Trinajstić information content (AvgIpc) is 3.55. The van der Waals surface area contributed by atoms with Gasteiger partial charge in [-0.1, -0.05) is 140 Å². The second-order valence-electron chi connectivity index (χ2n) is 17.9. The number of nitrogens with zero attached hydrogens (tertiary/aromatic N) is 3. The van der Waals surface area contributed by atoms with Crippen molar-refractivity contribution in [2.24, 2.45) is 23.7 Å². The molecule has 5 aliphatic rings. The molecule has 2 heterocycles. The summed E-state index contributed by atoms with van der Waals surface area (Å²) >= 11 is 0. The topological polar surface area (TPSA) is 47.9 Å². The smallest absolute Gasteiger partial charge is 0.164 e. The first-order valence-electron chi connectivity index (χ1n) is 21.0. The molecule has 7 aromatic carbocycles. The molecule has 3 saturated carbocycles. The fourth-order valence-electron chi connectivity index (χ4n) is 12.3. The zero-order valence-corrected chi connectivity index (χ0v) is 32.4. The molecular weight excluding hydrogens is 707 g/mol. The Morgan fingerprint density at radius 1 is 0.466 bits per heavy atom. The molecule has 1 aromatic heterocycles. The summed E-state index contributed by atoms with van der Waals surface area (Å²) in [4.78, 5) is 16.3. The second kappa shape index (κ2) is 11.8. The van der Waals surface area contributed by atoms with E-state index in [1.54, 1.807) is 0 Å². The molecule has 4 aliphatic carbocycles. The summed E-state index contributed by atoms with van der Waals surface area (Å²) in [5.41, 5.74) is 11.0. The molecule has 3 fully saturated rings. The highest BCUT2D eigenvalue weighted by Gasteiger charge is 2.60. The van der Waals surface area contributed by atoms with Crippen LogP contribution in [0.2, 0.25) is 0 Å². The Kier molecular flexibility index (Phi) is 6.66. The van der Waals surface area contributed by atoms with Crippen LogP contribution in [0, 0.1) is 23.7 Å². The molecule has 4 heteroatoms. The number of para-hydroxylation sites is 1. The summed E-state index contributed by atoms with van der Waals surface area (Å²) in [5.74, 6) is 7.68. The van der Waals surface area contributed by atoms with Crippen LogP contribution in [-0.2, 0) is 10.8 Å². The molecule has 0 amide bonds. The Hall–Kier alpha value is -6.39. The third-order valence-electron chi connectivity index (χ3n) is 14.8. The number of ether oxygens (including phenoxy) is 1. The fraction of sp³-hybridized carbons (Fsp3) is 0.204. The van der Waals surface area contributed by atoms with Gasteiger partial charge in [0.1, 0.15) is 17.3 Å². The Morgan fingerprint density at radius 3 is 1.79 bits per heavy atom. The lowest BCUT2D eigenvalue weighted by atomic mass is 9.40. The minimum atomic E-state index is -0.540. The van der Waals surface area contributed by atoms with Crippen molar-refractivity contribution in [3.63, 3.8) is 0 Å². The fourth-order valence-corrected chi connectivity index (χ4v) is 12.3. The van der Waals surface area contributed by atoms with Crippen molar-refractivity contribution in [3.8, 4) is 56.5 Å². The van der Waals surface area contributed by atoms with Crippen molar-refractivity contribution < 1.29 is 4.74 Å². The molecule has 278 valence electrons. The Balaban J connectivity index is 1.01. The lowest BCUT2D eigenvalue weighted by Gasteiger charge is -2.65. The Morgan fingerprint density at radius 2 is 1.05 bits per heavy atom. The van der Waals surface area contributed by atoms with Crippen molar-refractivity contribution in [1.82, 2.24) is 15.0 Å². The van der Waals surface area contributed by atoms with Crippen LogP contribution in [0.4, 0.5) is 0 Å². The molecule has 0 N–H and O–H groups in total. The van der Waals surface area contributed by atoms with Gasteiger partial charge in [-0.2, -0.15) is 0 Å². The molecular formula is C54H41N3O. The monoisotopic (exact) mass is 747 g/mol. The van der Waals surface area contributed by atoms with Crippen molar-refractivity contribution >= 4 is 10.8 Å².